The van der Waals surface area contributed by atoms with Crippen LogP contribution in [0.2, 0.25) is 0 Å². The van der Waals surface area contributed by atoms with Gasteiger partial charge in [-0.2, -0.15) is 13.2 Å². The predicted molar refractivity (Wildman–Crippen MR) is 120 cm³/mol. The first kappa shape index (κ1) is 22.7. The van der Waals surface area contributed by atoms with Crippen LogP contribution in [0.25, 0.3) is 6.08 Å². The van der Waals surface area contributed by atoms with Gasteiger partial charge in [-0.25, -0.2) is 8.42 Å². The van der Waals surface area contributed by atoms with Gasteiger partial charge in [0, 0.05) is 30.9 Å². The Morgan fingerprint density at radius 2 is 1.72 bits per heavy atom. The molecule has 1 saturated heterocycles. The van der Waals surface area contributed by atoms with Gasteiger partial charge in [-0.15, -0.1) is 0 Å². The molecule has 4 rings (SSSR count). The lowest BCUT2D eigenvalue weighted by molar-refractivity contribution is -0.137. The summed E-state index contributed by atoms with van der Waals surface area (Å²) in [6, 6.07) is 10.3. The molecular weight excluding hydrogens is 437 g/mol. The van der Waals surface area contributed by atoms with Crippen molar-refractivity contribution < 1.29 is 21.6 Å². The van der Waals surface area contributed by atoms with Crippen molar-refractivity contribution in [3.8, 4) is 0 Å². The Balaban J connectivity index is 1.54. The lowest BCUT2D eigenvalue weighted by Crippen LogP contribution is -2.46. The first-order chi connectivity index (χ1) is 15.0. The van der Waals surface area contributed by atoms with Crippen LogP contribution in [0.4, 0.5) is 18.9 Å². The number of fused-ring (bicyclic) bond motifs is 1. The first-order valence-electron chi connectivity index (χ1n) is 10.7. The van der Waals surface area contributed by atoms with Crippen molar-refractivity contribution in [2.45, 2.75) is 49.1 Å². The Labute approximate surface area is 187 Å². The summed E-state index contributed by atoms with van der Waals surface area (Å²) in [6.07, 6.45) is 0.707. The summed E-state index contributed by atoms with van der Waals surface area (Å²) in [5.74, 6) is -0.157. The lowest BCUT2D eigenvalue weighted by atomic mass is 9.85. The van der Waals surface area contributed by atoms with E-state index in [9.17, 15) is 21.6 Å². The molecule has 2 aromatic carbocycles. The molecule has 0 amide bonds. The molecule has 0 aromatic heterocycles. The summed E-state index contributed by atoms with van der Waals surface area (Å²) >= 11 is 0. The molecule has 0 radical (unpaired) electrons. The second kappa shape index (κ2) is 8.14. The van der Waals surface area contributed by atoms with E-state index in [1.165, 1.54) is 17.2 Å². The minimum absolute atomic E-state index is 0.157. The quantitative estimate of drug-likeness (QED) is 0.672. The molecule has 2 aliphatic rings. The minimum atomic E-state index is -4.58. The summed E-state index contributed by atoms with van der Waals surface area (Å²) in [5.41, 5.74) is 2.60. The van der Waals surface area contributed by atoms with Gasteiger partial charge in [-0.1, -0.05) is 18.2 Å². The Kier molecular flexibility index (Phi) is 5.77. The molecule has 0 atom stereocenters. The van der Waals surface area contributed by atoms with E-state index in [1.54, 1.807) is 13.8 Å². The fourth-order valence-corrected chi connectivity index (χ4v) is 6.53. The molecule has 1 fully saturated rings. The minimum Gasteiger partial charge on any atom is -0.387 e. The highest BCUT2D eigenvalue weighted by Crippen LogP contribution is 2.41. The van der Waals surface area contributed by atoms with Crippen molar-refractivity contribution in [3.63, 3.8) is 0 Å². The molecule has 8 heteroatoms. The van der Waals surface area contributed by atoms with Crippen LogP contribution in [-0.2, 0) is 22.6 Å². The monoisotopic (exact) mass is 464 g/mol. The highest BCUT2D eigenvalue weighted by molar-refractivity contribution is 7.92. The fourth-order valence-electron chi connectivity index (χ4n) is 4.71. The van der Waals surface area contributed by atoms with Crippen LogP contribution in [-0.4, -0.2) is 26.3 Å². The summed E-state index contributed by atoms with van der Waals surface area (Å²) in [7, 11) is -3.96. The summed E-state index contributed by atoms with van der Waals surface area (Å²) in [5, 5.41) is 3.21. The number of anilines is 1. The van der Waals surface area contributed by atoms with Crippen molar-refractivity contribution in [3.05, 3.63) is 65.4 Å². The number of benzene rings is 2. The molecule has 2 aromatic rings. The van der Waals surface area contributed by atoms with Crippen LogP contribution in [0, 0.1) is 5.92 Å². The number of halogens is 3. The molecule has 1 N–H and O–H groups in total. The zero-order chi connectivity index (χ0) is 23.1. The third-order valence-corrected chi connectivity index (χ3v) is 9.41. The smallest absolute Gasteiger partial charge is 0.387 e. The largest absolute Gasteiger partial charge is 0.416 e. The predicted octanol–water partition coefficient (Wildman–Crippen LogP) is 5.25. The number of alkyl halides is 3. The summed E-state index contributed by atoms with van der Waals surface area (Å²) < 4.78 is 64.9. The van der Waals surface area contributed by atoms with Crippen LogP contribution in [0.5, 0.6) is 0 Å². The van der Waals surface area contributed by atoms with E-state index < -0.39 is 26.3 Å². The van der Waals surface area contributed by atoms with Gasteiger partial charge in [-0.3, -0.25) is 0 Å². The number of nitrogens with zero attached hydrogens (tertiary/aromatic N) is 1. The number of piperidine rings is 1. The van der Waals surface area contributed by atoms with E-state index in [1.807, 2.05) is 12.3 Å². The molecule has 32 heavy (non-hydrogen) atoms. The Bertz CT molecular complexity index is 1130. The number of rotatable bonds is 4. The standard InChI is InChI=1S/C24H27F3N2O2S/c1-23(2,32(30,31)20-7-4-6-19(15-20)24(25,26)27)18-10-13-29(14-11-18)22-8-3-5-17-16-28-12-9-21(17)22/h3-9,12,15,18,28H,10-11,13-14,16H2,1-2H3. The highest BCUT2D eigenvalue weighted by atomic mass is 32.2. The van der Waals surface area contributed by atoms with Crippen LogP contribution in [0.3, 0.4) is 0 Å². The molecule has 4 nitrogen and oxygen atoms in total. The zero-order valence-corrected chi connectivity index (χ0v) is 18.9. The third kappa shape index (κ3) is 4.00. The first-order valence-corrected chi connectivity index (χ1v) is 12.2. The van der Waals surface area contributed by atoms with Crippen molar-refractivity contribution >= 4 is 21.6 Å². The van der Waals surface area contributed by atoms with Crippen LogP contribution in [0.1, 0.15) is 43.4 Å². The van der Waals surface area contributed by atoms with E-state index in [4.69, 9.17) is 0 Å². The van der Waals surface area contributed by atoms with E-state index in [-0.39, 0.29) is 10.8 Å². The van der Waals surface area contributed by atoms with Gasteiger partial charge in [0.1, 0.15) is 0 Å². The molecule has 0 bridgehead atoms. The van der Waals surface area contributed by atoms with Crippen molar-refractivity contribution in [2.75, 3.05) is 18.0 Å². The van der Waals surface area contributed by atoms with Crippen molar-refractivity contribution in [2.24, 2.45) is 5.92 Å². The topological polar surface area (TPSA) is 49.4 Å². The fraction of sp³-hybridized carbons (Fsp3) is 0.417. The van der Waals surface area contributed by atoms with Crippen molar-refractivity contribution in [1.29, 1.82) is 0 Å². The van der Waals surface area contributed by atoms with Gasteiger partial charge in [0.15, 0.2) is 9.84 Å². The number of hydrogen-bond acceptors (Lipinski definition) is 4. The van der Waals surface area contributed by atoms with E-state index >= 15 is 0 Å². The molecular formula is C24H27F3N2O2S. The summed E-state index contributed by atoms with van der Waals surface area (Å²) in [4.78, 5) is 2.01. The maximum absolute atomic E-state index is 13.4. The third-order valence-electron chi connectivity index (χ3n) is 6.82. The SMILES string of the molecule is CC(C)(C1CCN(c2cccc3c2C=CNC3)CC1)S(=O)(=O)c1cccc(C(F)(F)F)c1. The van der Waals surface area contributed by atoms with E-state index in [0.717, 1.165) is 30.4 Å². The molecule has 2 aliphatic heterocycles. The second-order valence-electron chi connectivity index (χ2n) is 8.96. The van der Waals surface area contributed by atoms with Gasteiger partial charge in [0.2, 0.25) is 0 Å². The molecule has 0 unspecified atom stereocenters. The van der Waals surface area contributed by atoms with Gasteiger partial charge in [0.25, 0.3) is 0 Å². The number of sulfone groups is 1. The van der Waals surface area contributed by atoms with E-state index in [0.29, 0.717) is 25.9 Å². The van der Waals surface area contributed by atoms with Crippen LogP contribution < -0.4 is 10.2 Å². The normalized spacial score (nSPS) is 17.7. The van der Waals surface area contributed by atoms with Crippen LogP contribution >= 0.6 is 0 Å². The Hall–Kier alpha value is -2.48. The molecule has 2 heterocycles. The summed E-state index contributed by atoms with van der Waals surface area (Å²) in [6.45, 7) is 5.45. The maximum Gasteiger partial charge on any atom is 0.416 e. The molecule has 0 saturated carbocycles. The van der Waals surface area contributed by atoms with Gasteiger partial charge in [0.05, 0.1) is 15.2 Å². The maximum atomic E-state index is 13.4. The highest BCUT2D eigenvalue weighted by Gasteiger charge is 2.44. The zero-order valence-electron chi connectivity index (χ0n) is 18.1. The Morgan fingerprint density at radius 1 is 1.03 bits per heavy atom. The van der Waals surface area contributed by atoms with Crippen LogP contribution in [0.15, 0.2) is 53.6 Å². The molecule has 0 spiro atoms. The lowest BCUT2D eigenvalue weighted by Gasteiger charge is -2.41. The number of nitrogens with one attached hydrogen (secondary N) is 1. The Morgan fingerprint density at radius 3 is 2.41 bits per heavy atom. The molecule has 0 aliphatic carbocycles. The second-order valence-corrected chi connectivity index (χ2v) is 11.5. The van der Waals surface area contributed by atoms with Gasteiger partial charge >= 0.3 is 6.18 Å². The van der Waals surface area contributed by atoms with E-state index in [2.05, 4.69) is 28.4 Å². The van der Waals surface area contributed by atoms with Gasteiger partial charge < -0.3 is 10.2 Å². The average Bonchev–Trinajstić information content (AvgIpc) is 2.78. The van der Waals surface area contributed by atoms with Crippen molar-refractivity contribution in [1.82, 2.24) is 5.32 Å². The van der Waals surface area contributed by atoms with Gasteiger partial charge in [-0.05, 0) is 74.7 Å². The average molecular weight is 465 g/mol. The molecule has 172 valence electrons. The number of hydrogen-bond donors (Lipinski definition) is 1.